The molecule has 0 bridgehead atoms. The number of hydrogen-bond donors (Lipinski definition) is 0. The van der Waals surface area contributed by atoms with E-state index in [2.05, 4.69) is 5.10 Å². The lowest BCUT2D eigenvalue weighted by Gasteiger charge is -2.13. The molecule has 0 unspecified atom stereocenters. The van der Waals surface area contributed by atoms with Crippen LogP contribution in [0.2, 0.25) is 0 Å². The van der Waals surface area contributed by atoms with Crippen molar-refractivity contribution in [2.75, 3.05) is 13.2 Å². The number of amides is 1. The summed E-state index contributed by atoms with van der Waals surface area (Å²) in [6, 6.07) is 19.5. The van der Waals surface area contributed by atoms with Crippen molar-refractivity contribution in [3.05, 3.63) is 71.8 Å². The van der Waals surface area contributed by atoms with Gasteiger partial charge in [0.2, 0.25) is 0 Å². The van der Waals surface area contributed by atoms with Crippen LogP contribution in [0.5, 0.6) is 0 Å². The van der Waals surface area contributed by atoms with Crippen molar-refractivity contribution in [3.63, 3.8) is 0 Å². The Balaban J connectivity index is 1.48. The first-order valence-electron chi connectivity index (χ1n) is 8.77. The summed E-state index contributed by atoms with van der Waals surface area (Å²) >= 11 is 0. The lowest BCUT2D eigenvalue weighted by Crippen LogP contribution is -2.29. The zero-order valence-corrected chi connectivity index (χ0v) is 14.8. The van der Waals surface area contributed by atoms with Crippen LogP contribution in [0.3, 0.4) is 0 Å². The minimum absolute atomic E-state index is 0.0493. The molecule has 5 nitrogen and oxygen atoms in total. The molecule has 1 amide bonds. The molecule has 0 fully saturated rings. The van der Waals surface area contributed by atoms with E-state index in [1.54, 1.807) is 0 Å². The highest BCUT2D eigenvalue weighted by atomic mass is 16.5. The van der Waals surface area contributed by atoms with Gasteiger partial charge in [0.15, 0.2) is 6.61 Å². The summed E-state index contributed by atoms with van der Waals surface area (Å²) in [7, 11) is 0. The number of hydrogen-bond acceptors (Lipinski definition) is 4. The fourth-order valence-electron chi connectivity index (χ4n) is 2.90. The van der Waals surface area contributed by atoms with Gasteiger partial charge in [-0.3, -0.25) is 9.59 Å². The standard InChI is InChI=1S/C21H22N2O3/c1-16(17-8-4-2-5-9-17)14-21(25)26-15-20(24)23-13-12-19(22-23)18-10-6-3-7-11-18/h2-11,16H,12-15H2,1H3/t16-/m0/s1. The fraction of sp³-hybridized carbons (Fsp3) is 0.286. The van der Waals surface area contributed by atoms with E-state index in [1.807, 2.05) is 67.6 Å². The zero-order chi connectivity index (χ0) is 18.4. The maximum atomic E-state index is 12.2. The maximum Gasteiger partial charge on any atom is 0.306 e. The monoisotopic (exact) mass is 350 g/mol. The van der Waals surface area contributed by atoms with Crippen molar-refractivity contribution in [1.82, 2.24) is 5.01 Å². The van der Waals surface area contributed by atoms with Crippen LogP contribution >= 0.6 is 0 Å². The molecule has 1 atom stereocenters. The minimum atomic E-state index is -0.374. The molecule has 3 rings (SSSR count). The number of carbonyl (C=O) groups excluding carboxylic acids is 2. The molecule has 1 heterocycles. The number of rotatable bonds is 6. The van der Waals surface area contributed by atoms with Gasteiger partial charge in [-0.1, -0.05) is 67.6 Å². The topological polar surface area (TPSA) is 59.0 Å². The van der Waals surface area contributed by atoms with E-state index in [0.29, 0.717) is 13.0 Å². The number of carbonyl (C=O) groups is 2. The van der Waals surface area contributed by atoms with E-state index < -0.39 is 0 Å². The molecule has 5 heteroatoms. The number of benzene rings is 2. The third kappa shape index (κ3) is 4.57. The van der Waals surface area contributed by atoms with Crippen LogP contribution in [-0.4, -0.2) is 35.7 Å². The Kier molecular flexibility index (Phi) is 5.79. The van der Waals surface area contributed by atoms with Gasteiger partial charge in [0, 0.05) is 6.42 Å². The predicted molar refractivity (Wildman–Crippen MR) is 99.7 cm³/mol. The summed E-state index contributed by atoms with van der Waals surface area (Å²) in [6.07, 6.45) is 0.949. The van der Waals surface area contributed by atoms with Crippen molar-refractivity contribution in [3.8, 4) is 0 Å². The second-order valence-electron chi connectivity index (χ2n) is 6.36. The van der Waals surface area contributed by atoms with Gasteiger partial charge >= 0.3 is 5.97 Å². The van der Waals surface area contributed by atoms with Crippen molar-refractivity contribution in [2.45, 2.75) is 25.7 Å². The highest BCUT2D eigenvalue weighted by Crippen LogP contribution is 2.19. The van der Waals surface area contributed by atoms with Crippen LogP contribution in [0.25, 0.3) is 0 Å². The molecule has 2 aromatic rings. The Morgan fingerprint density at radius 3 is 2.42 bits per heavy atom. The van der Waals surface area contributed by atoms with Crippen LogP contribution in [0, 0.1) is 0 Å². The highest BCUT2D eigenvalue weighted by molar-refractivity contribution is 6.02. The fourth-order valence-corrected chi connectivity index (χ4v) is 2.90. The molecule has 0 saturated carbocycles. The molecule has 26 heavy (non-hydrogen) atoms. The van der Waals surface area contributed by atoms with Crippen LogP contribution in [-0.2, 0) is 14.3 Å². The quantitative estimate of drug-likeness (QED) is 0.751. The Bertz CT molecular complexity index is 787. The zero-order valence-electron chi connectivity index (χ0n) is 14.8. The lowest BCUT2D eigenvalue weighted by molar-refractivity contribution is -0.152. The summed E-state index contributed by atoms with van der Waals surface area (Å²) in [5, 5.41) is 5.74. The number of hydrazone groups is 1. The molecule has 0 N–H and O–H groups in total. The summed E-state index contributed by atoms with van der Waals surface area (Å²) < 4.78 is 5.15. The summed E-state index contributed by atoms with van der Waals surface area (Å²) in [5.74, 6) is -0.619. The van der Waals surface area contributed by atoms with Gasteiger partial charge in [0.05, 0.1) is 18.7 Å². The molecule has 1 aliphatic heterocycles. The van der Waals surface area contributed by atoms with Gasteiger partial charge in [-0.15, -0.1) is 0 Å². The van der Waals surface area contributed by atoms with Crippen LogP contribution in [0.4, 0.5) is 0 Å². The van der Waals surface area contributed by atoms with Crippen molar-refractivity contribution in [2.24, 2.45) is 5.10 Å². The van der Waals surface area contributed by atoms with E-state index in [4.69, 9.17) is 4.74 Å². The van der Waals surface area contributed by atoms with Gasteiger partial charge in [0.1, 0.15) is 0 Å². The smallest absolute Gasteiger partial charge is 0.306 e. The van der Waals surface area contributed by atoms with Crippen LogP contribution < -0.4 is 0 Å². The van der Waals surface area contributed by atoms with E-state index >= 15 is 0 Å². The third-order valence-corrected chi connectivity index (χ3v) is 4.39. The molecule has 2 aromatic carbocycles. The Hall–Kier alpha value is -2.95. The van der Waals surface area contributed by atoms with Gasteiger partial charge in [-0.2, -0.15) is 5.10 Å². The minimum Gasteiger partial charge on any atom is -0.455 e. The van der Waals surface area contributed by atoms with E-state index in [0.717, 1.165) is 16.8 Å². The Morgan fingerprint density at radius 2 is 1.73 bits per heavy atom. The second-order valence-corrected chi connectivity index (χ2v) is 6.36. The van der Waals surface area contributed by atoms with Crippen LogP contribution in [0.15, 0.2) is 65.8 Å². The van der Waals surface area contributed by atoms with Gasteiger partial charge < -0.3 is 4.74 Å². The molecule has 0 aromatic heterocycles. The molecule has 1 aliphatic rings. The molecule has 0 spiro atoms. The number of ether oxygens (including phenoxy) is 1. The molecule has 134 valence electrons. The lowest BCUT2D eigenvalue weighted by atomic mass is 9.98. The van der Waals surface area contributed by atoms with E-state index in [9.17, 15) is 9.59 Å². The van der Waals surface area contributed by atoms with Crippen molar-refractivity contribution >= 4 is 17.6 Å². The summed E-state index contributed by atoms with van der Waals surface area (Å²) in [4.78, 5) is 24.2. The molecular formula is C21H22N2O3. The molecule has 0 aliphatic carbocycles. The maximum absolute atomic E-state index is 12.2. The third-order valence-electron chi connectivity index (χ3n) is 4.39. The first-order chi connectivity index (χ1) is 12.6. The average Bonchev–Trinajstić information content (AvgIpc) is 3.18. The van der Waals surface area contributed by atoms with E-state index in [-0.39, 0.29) is 30.8 Å². The summed E-state index contributed by atoms with van der Waals surface area (Å²) in [5.41, 5.74) is 2.96. The van der Waals surface area contributed by atoms with E-state index in [1.165, 1.54) is 5.01 Å². The molecule has 0 saturated heterocycles. The normalized spacial score (nSPS) is 14.7. The van der Waals surface area contributed by atoms with Crippen molar-refractivity contribution < 1.29 is 14.3 Å². The largest absolute Gasteiger partial charge is 0.455 e. The Labute approximate surface area is 153 Å². The first kappa shape index (κ1) is 17.9. The molecule has 0 radical (unpaired) electrons. The first-order valence-corrected chi connectivity index (χ1v) is 8.77. The number of esters is 1. The SMILES string of the molecule is C[C@@H](CC(=O)OCC(=O)N1CCC(c2ccccc2)=N1)c1ccccc1. The van der Waals surface area contributed by atoms with Gasteiger partial charge in [-0.05, 0) is 17.0 Å². The highest BCUT2D eigenvalue weighted by Gasteiger charge is 2.23. The van der Waals surface area contributed by atoms with Crippen LogP contribution in [0.1, 0.15) is 36.8 Å². The molecular weight excluding hydrogens is 328 g/mol. The summed E-state index contributed by atoms with van der Waals surface area (Å²) in [6.45, 7) is 2.21. The van der Waals surface area contributed by atoms with Gasteiger partial charge in [-0.25, -0.2) is 5.01 Å². The average molecular weight is 350 g/mol. The number of nitrogens with zero attached hydrogens (tertiary/aromatic N) is 2. The van der Waals surface area contributed by atoms with Gasteiger partial charge in [0.25, 0.3) is 5.91 Å². The second kappa shape index (κ2) is 8.43. The van der Waals surface area contributed by atoms with Crippen molar-refractivity contribution in [1.29, 1.82) is 0 Å². The Morgan fingerprint density at radius 1 is 1.08 bits per heavy atom. The predicted octanol–water partition coefficient (Wildman–Crippen LogP) is 3.36.